The number of nitrogens with two attached hydrogens (primary N) is 1. The molecule has 17 heavy (non-hydrogen) atoms. The summed E-state index contributed by atoms with van der Waals surface area (Å²) in [6.07, 6.45) is 4.85. The minimum Gasteiger partial charge on any atom is -0.397 e. The van der Waals surface area contributed by atoms with Gasteiger partial charge in [0.15, 0.2) is 0 Å². The SMILES string of the molecule is Nc1c(NC2CCSC2)ccc2cnccc12. The maximum absolute atomic E-state index is 6.20. The zero-order chi connectivity index (χ0) is 11.7. The summed E-state index contributed by atoms with van der Waals surface area (Å²) in [5.74, 6) is 2.42. The smallest absolute Gasteiger partial charge is 0.0630 e. The first kappa shape index (κ1) is 10.7. The van der Waals surface area contributed by atoms with Gasteiger partial charge in [-0.15, -0.1) is 0 Å². The highest BCUT2D eigenvalue weighted by Gasteiger charge is 2.16. The summed E-state index contributed by atoms with van der Waals surface area (Å²) in [5.41, 5.74) is 8.09. The summed E-state index contributed by atoms with van der Waals surface area (Å²) in [5, 5.41) is 5.71. The second-order valence-electron chi connectivity index (χ2n) is 4.33. The van der Waals surface area contributed by atoms with Crippen LogP contribution < -0.4 is 11.1 Å². The second kappa shape index (κ2) is 4.45. The van der Waals surface area contributed by atoms with Crippen LogP contribution in [0, 0.1) is 0 Å². The van der Waals surface area contributed by atoms with Crippen molar-refractivity contribution in [1.82, 2.24) is 4.98 Å². The van der Waals surface area contributed by atoms with E-state index in [4.69, 9.17) is 5.73 Å². The molecule has 1 aliphatic rings. The molecule has 1 aromatic carbocycles. The van der Waals surface area contributed by atoms with Crippen LogP contribution in [0.15, 0.2) is 30.6 Å². The molecule has 2 aromatic rings. The van der Waals surface area contributed by atoms with E-state index in [0.29, 0.717) is 6.04 Å². The van der Waals surface area contributed by atoms with Gasteiger partial charge in [0.25, 0.3) is 0 Å². The molecule has 2 heterocycles. The lowest BCUT2D eigenvalue weighted by molar-refractivity contribution is 0.814. The zero-order valence-corrected chi connectivity index (χ0v) is 10.3. The number of nitrogens with one attached hydrogen (secondary N) is 1. The number of hydrogen-bond acceptors (Lipinski definition) is 4. The molecule has 4 heteroatoms. The minimum absolute atomic E-state index is 0.557. The van der Waals surface area contributed by atoms with Gasteiger partial charge in [0, 0.05) is 35.0 Å². The molecular formula is C13H15N3S. The van der Waals surface area contributed by atoms with Gasteiger partial charge in [-0.1, -0.05) is 6.07 Å². The number of pyridine rings is 1. The predicted octanol–water partition coefficient (Wildman–Crippen LogP) is 2.73. The lowest BCUT2D eigenvalue weighted by Crippen LogP contribution is -2.18. The van der Waals surface area contributed by atoms with Crippen LogP contribution in [0.5, 0.6) is 0 Å². The van der Waals surface area contributed by atoms with Gasteiger partial charge < -0.3 is 11.1 Å². The first-order valence-corrected chi connectivity index (χ1v) is 6.96. The molecule has 1 fully saturated rings. The van der Waals surface area contributed by atoms with Crippen LogP contribution in [0.3, 0.4) is 0 Å². The minimum atomic E-state index is 0.557. The summed E-state index contributed by atoms with van der Waals surface area (Å²) in [6, 6.07) is 6.66. The molecule has 0 bridgehead atoms. The summed E-state index contributed by atoms with van der Waals surface area (Å²) < 4.78 is 0. The monoisotopic (exact) mass is 245 g/mol. The Morgan fingerprint density at radius 2 is 2.29 bits per heavy atom. The lowest BCUT2D eigenvalue weighted by atomic mass is 10.1. The van der Waals surface area contributed by atoms with Gasteiger partial charge in [0.1, 0.15) is 0 Å². The molecule has 1 unspecified atom stereocenters. The maximum atomic E-state index is 6.20. The highest BCUT2D eigenvalue weighted by Crippen LogP contribution is 2.30. The Morgan fingerprint density at radius 1 is 1.35 bits per heavy atom. The standard InChI is InChI=1S/C13H15N3S/c14-13-11-3-5-15-7-9(11)1-2-12(13)16-10-4-6-17-8-10/h1-3,5,7,10,16H,4,6,8,14H2. The first-order chi connectivity index (χ1) is 8.34. The largest absolute Gasteiger partial charge is 0.397 e. The third-order valence-corrected chi connectivity index (χ3v) is 4.31. The van der Waals surface area contributed by atoms with E-state index < -0.39 is 0 Å². The number of rotatable bonds is 2. The van der Waals surface area contributed by atoms with Gasteiger partial charge in [-0.25, -0.2) is 0 Å². The lowest BCUT2D eigenvalue weighted by Gasteiger charge is -2.16. The molecule has 3 N–H and O–H groups in total. The van der Waals surface area contributed by atoms with Gasteiger partial charge in [-0.05, 0) is 24.3 Å². The van der Waals surface area contributed by atoms with Crippen molar-refractivity contribution < 1.29 is 0 Å². The average Bonchev–Trinajstić information content (AvgIpc) is 2.86. The van der Waals surface area contributed by atoms with E-state index in [0.717, 1.165) is 22.1 Å². The Kier molecular flexibility index (Phi) is 2.81. The fraction of sp³-hybridized carbons (Fsp3) is 0.308. The van der Waals surface area contributed by atoms with E-state index >= 15 is 0 Å². The van der Waals surface area contributed by atoms with E-state index in [-0.39, 0.29) is 0 Å². The summed E-state index contributed by atoms with van der Waals surface area (Å²) in [6.45, 7) is 0. The number of fused-ring (bicyclic) bond motifs is 1. The third-order valence-electron chi connectivity index (χ3n) is 3.15. The van der Waals surface area contributed by atoms with Crippen molar-refractivity contribution in [2.45, 2.75) is 12.5 Å². The van der Waals surface area contributed by atoms with Gasteiger partial charge in [0.05, 0.1) is 11.4 Å². The Morgan fingerprint density at radius 3 is 3.12 bits per heavy atom. The molecule has 3 rings (SSSR count). The number of benzene rings is 1. The normalized spacial score (nSPS) is 19.6. The molecule has 1 aromatic heterocycles. The van der Waals surface area contributed by atoms with Crippen LogP contribution >= 0.6 is 11.8 Å². The van der Waals surface area contributed by atoms with E-state index in [2.05, 4.69) is 22.4 Å². The van der Waals surface area contributed by atoms with Crippen LogP contribution in [0.4, 0.5) is 11.4 Å². The molecule has 1 atom stereocenters. The van der Waals surface area contributed by atoms with Gasteiger partial charge in [0.2, 0.25) is 0 Å². The molecule has 0 amide bonds. The average molecular weight is 245 g/mol. The van der Waals surface area contributed by atoms with E-state index in [9.17, 15) is 0 Å². The highest BCUT2D eigenvalue weighted by atomic mass is 32.2. The first-order valence-electron chi connectivity index (χ1n) is 5.81. The Bertz CT molecular complexity index is 535. The maximum Gasteiger partial charge on any atom is 0.0630 e. The topological polar surface area (TPSA) is 50.9 Å². The molecule has 3 nitrogen and oxygen atoms in total. The van der Waals surface area contributed by atoms with Crippen molar-refractivity contribution in [3.8, 4) is 0 Å². The molecule has 0 radical (unpaired) electrons. The molecule has 0 spiro atoms. The fourth-order valence-corrected chi connectivity index (χ4v) is 3.34. The number of thioether (sulfide) groups is 1. The number of nitrogens with zero attached hydrogens (tertiary/aromatic N) is 1. The molecule has 88 valence electrons. The summed E-state index contributed by atoms with van der Waals surface area (Å²) >= 11 is 2.00. The zero-order valence-electron chi connectivity index (χ0n) is 9.52. The highest BCUT2D eigenvalue weighted by molar-refractivity contribution is 7.99. The van der Waals surface area contributed by atoms with E-state index in [1.165, 1.54) is 17.9 Å². The fourth-order valence-electron chi connectivity index (χ4n) is 2.19. The van der Waals surface area contributed by atoms with E-state index in [1.807, 2.05) is 24.0 Å². The van der Waals surface area contributed by atoms with Crippen molar-refractivity contribution in [3.05, 3.63) is 30.6 Å². The van der Waals surface area contributed by atoms with Crippen molar-refractivity contribution >= 4 is 33.9 Å². The third kappa shape index (κ3) is 2.05. The van der Waals surface area contributed by atoms with Crippen molar-refractivity contribution in [3.63, 3.8) is 0 Å². The second-order valence-corrected chi connectivity index (χ2v) is 5.48. The summed E-state index contributed by atoms with van der Waals surface area (Å²) in [4.78, 5) is 4.11. The molecule has 1 saturated heterocycles. The molecule has 0 aliphatic carbocycles. The molecular weight excluding hydrogens is 230 g/mol. The number of anilines is 2. The molecule has 0 saturated carbocycles. The van der Waals surface area contributed by atoms with E-state index in [1.54, 1.807) is 6.20 Å². The Labute approximate surface area is 105 Å². The molecule has 1 aliphatic heterocycles. The van der Waals surface area contributed by atoms with Gasteiger partial charge in [-0.3, -0.25) is 4.98 Å². The van der Waals surface area contributed by atoms with Crippen molar-refractivity contribution in [1.29, 1.82) is 0 Å². The van der Waals surface area contributed by atoms with Crippen molar-refractivity contribution in [2.75, 3.05) is 22.6 Å². The Hall–Kier alpha value is -1.42. The number of hydrogen-bond donors (Lipinski definition) is 2. The van der Waals surface area contributed by atoms with Gasteiger partial charge >= 0.3 is 0 Å². The van der Waals surface area contributed by atoms with Crippen LogP contribution in [0.1, 0.15) is 6.42 Å². The van der Waals surface area contributed by atoms with Crippen molar-refractivity contribution in [2.24, 2.45) is 0 Å². The number of aromatic nitrogens is 1. The summed E-state index contributed by atoms with van der Waals surface area (Å²) in [7, 11) is 0. The van der Waals surface area contributed by atoms with Crippen LogP contribution in [-0.4, -0.2) is 22.5 Å². The predicted molar refractivity (Wildman–Crippen MR) is 75.5 cm³/mol. The van der Waals surface area contributed by atoms with Gasteiger partial charge in [-0.2, -0.15) is 11.8 Å². The van der Waals surface area contributed by atoms with Crippen LogP contribution in [-0.2, 0) is 0 Å². The number of nitrogen functional groups attached to an aromatic ring is 1. The quantitative estimate of drug-likeness (QED) is 0.799. The Balaban J connectivity index is 1.96. The van der Waals surface area contributed by atoms with Crippen LogP contribution in [0.2, 0.25) is 0 Å². The van der Waals surface area contributed by atoms with Crippen LogP contribution in [0.25, 0.3) is 10.8 Å².